The summed E-state index contributed by atoms with van der Waals surface area (Å²) in [6, 6.07) is 5.32. The van der Waals surface area contributed by atoms with E-state index in [0.717, 1.165) is 0 Å². The third-order valence-corrected chi connectivity index (χ3v) is 4.38. The van der Waals surface area contributed by atoms with E-state index in [9.17, 15) is 4.79 Å². The van der Waals surface area contributed by atoms with E-state index in [0.29, 0.717) is 43.5 Å². The van der Waals surface area contributed by atoms with Crippen LogP contribution < -0.4 is 0 Å². The van der Waals surface area contributed by atoms with Crippen LogP contribution in [0.15, 0.2) is 28.9 Å². The summed E-state index contributed by atoms with van der Waals surface area (Å²) < 4.78 is 16.7. The second-order valence-electron chi connectivity index (χ2n) is 6.78. The van der Waals surface area contributed by atoms with Crippen molar-refractivity contribution in [2.45, 2.75) is 19.6 Å². The predicted octanol–water partition coefficient (Wildman–Crippen LogP) is 1.89. The molecule has 2 aromatic rings. The van der Waals surface area contributed by atoms with E-state index in [1.165, 1.54) is 0 Å². The summed E-state index contributed by atoms with van der Waals surface area (Å²) in [6.45, 7) is 6.29. The van der Waals surface area contributed by atoms with Gasteiger partial charge in [0, 0.05) is 19.2 Å². The number of aromatic nitrogens is 2. The fraction of sp³-hybridized carbons (Fsp3) is 0.500. The van der Waals surface area contributed by atoms with Gasteiger partial charge in [-0.3, -0.25) is 9.89 Å². The zero-order valence-corrected chi connectivity index (χ0v) is 13.2. The molecule has 4 heterocycles. The summed E-state index contributed by atoms with van der Waals surface area (Å²) >= 11 is 0. The van der Waals surface area contributed by atoms with E-state index in [1.807, 2.05) is 19.9 Å². The van der Waals surface area contributed by atoms with Crippen molar-refractivity contribution in [1.29, 1.82) is 0 Å². The lowest BCUT2D eigenvalue weighted by atomic mass is 9.80. The Bertz CT molecular complexity index is 702. The first-order valence-corrected chi connectivity index (χ1v) is 7.63. The van der Waals surface area contributed by atoms with E-state index >= 15 is 0 Å². The average molecular weight is 317 g/mol. The van der Waals surface area contributed by atoms with Crippen LogP contribution in [0.5, 0.6) is 0 Å². The minimum absolute atomic E-state index is 0.0780. The minimum Gasteiger partial charge on any atom is -0.463 e. The SMILES string of the molecule is CC1(C)OCC2(CO1)CN(C(=O)c1cc(-c3ccco3)[nH]n1)C2. The highest BCUT2D eigenvalue weighted by atomic mass is 16.7. The fourth-order valence-electron chi connectivity index (χ4n) is 2.98. The minimum atomic E-state index is -0.532. The molecule has 1 N–H and O–H groups in total. The Morgan fingerprint density at radius 1 is 1.30 bits per heavy atom. The van der Waals surface area contributed by atoms with Crippen LogP contribution in [0.1, 0.15) is 24.3 Å². The largest absolute Gasteiger partial charge is 0.463 e. The smallest absolute Gasteiger partial charge is 0.274 e. The van der Waals surface area contributed by atoms with Gasteiger partial charge in [-0.25, -0.2) is 0 Å². The highest BCUT2D eigenvalue weighted by Crippen LogP contribution is 2.38. The molecular weight excluding hydrogens is 298 g/mol. The molecule has 0 atom stereocenters. The molecule has 0 aliphatic carbocycles. The third kappa shape index (κ3) is 2.55. The van der Waals surface area contributed by atoms with Crippen LogP contribution in [0.4, 0.5) is 0 Å². The van der Waals surface area contributed by atoms with Crippen molar-refractivity contribution in [1.82, 2.24) is 15.1 Å². The van der Waals surface area contributed by atoms with Gasteiger partial charge >= 0.3 is 0 Å². The Balaban J connectivity index is 1.40. The number of carbonyl (C=O) groups is 1. The van der Waals surface area contributed by atoms with Crippen molar-refractivity contribution in [2.75, 3.05) is 26.3 Å². The number of likely N-dealkylation sites (tertiary alicyclic amines) is 1. The topological polar surface area (TPSA) is 80.6 Å². The van der Waals surface area contributed by atoms with Crippen LogP contribution in [0.25, 0.3) is 11.5 Å². The second-order valence-corrected chi connectivity index (χ2v) is 6.78. The number of carbonyl (C=O) groups excluding carboxylic acids is 1. The normalized spacial score (nSPS) is 22.1. The summed E-state index contributed by atoms with van der Waals surface area (Å²) in [5, 5.41) is 6.93. The predicted molar refractivity (Wildman–Crippen MR) is 80.6 cm³/mol. The number of nitrogens with one attached hydrogen (secondary N) is 1. The Kier molecular flexibility index (Phi) is 3.11. The molecule has 2 aliphatic rings. The van der Waals surface area contributed by atoms with E-state index in [4.69, 9.17) is 13.9 Å². The monoisotopic (exact) mass is 317 g/mol. The summed E-state index contributed by atoms with van der Waals surface area (Å²) in [5.74, 6) is 0.0398. The number of hydrogen-bond donors (Lipinski definition) is 1. The van der Waals surface area contributed by atoms with Gasteiger partial charge in [-0.05, 0) is 26.0 Å². The first-order chi connectivity index (χ1) is 11.0. The molecule has 0 saturated carbocycles. The van der Waals surface area contributed by atoms with Crippen LogP contribution in [0.2, 0.25) is 0 Å². The second kappa shape index (κ2) is 4.94. The van der Waals surface area contributed by atoms with Gasteiger partial charge in [-0.15, -0.1) is 0 Å². The number of furan rings is 1. The Hall–Kier alpha value is -2.12. The van der Waals surface area contributed by atoms with Gasteiger partial charge < -0.3 is 18.8 Å². The lowest BCUT2D eigenvalue weighted by molar-refractivity contribution is -0.301. The molecule has 7 nitrogen and oxygen atoms in total. The molecule has 0 unspecified atom stereocenters. The molecule has 1 spiro atoms. The fourth-order valence-corrected chi connectivity index (χ4v) is 2.98. The zero-order valence-electron chi connectivity index (χ0n) is 13.2. The summed E-state index contributed by atoms with van der Waals surface area (Å²) in [5.41, 5.74) is 1.01. The van der Waals surface area contributed by atoms with Crippen molar-refractivity contribution >= 4 is 5.91 Å². The Morgan fingerprint density at radius 2 is 2.04 bits per heavy atom. The maximum absolute atomic E-state index is 12.5. The lowest BCUT2D eigenvalue weighted by Crippen LogP contribution is -2.65. The number of nitrogens with zero attached hydrogens (tertiary/aromatic N) is 2. The average Bonchev–Trinajstić information content (AvgIpc) is 3.16. The van der Waals surface area contributed by atoms with E-state index < -0.39 is 5.79 Å². The van der Waals surface area contributed by atoms with Crippen molar-refractivity contribution in [3.05, 3.63) is 30.2 Å². The molecule has 23 heavy (non-hydrogen) atoms. The molecule has 2 aromatic heterocycles. The number of ether oxygens (including phenoxy) is 2. The molecule has 0 aromatic carbocycles. The zero-order chi connectivity index (χ0) is 16.1. The van der Waals surface area contributed by atoms with Crippen LogP contribution >= 0.6 is 0 Å². The van der Waals surface area contributed by atoms with Gasteiger partial charge in [0.25, 0.3) is 5.91 Å². The maximum Gasteiger partial charge on any atom is 0.274 e. The van der Waals surface area contributed by atoms with Gasteiger partial charge in [0.15, 0.2) is 17.2 Å². The van der Waals surface area contributed by atoms with Crippen LogP contribution in [-0.4, -0.2) is 53.1 Å². The van der Waals surface area contributed by atoms with Crippen molar-refractivity contribution in [2.24, 2.45) is 5.41 Å². The third-order valence-electron chi connectivity index (χ3n) is 4.38. The summed E-state index contributed by atoms with van der Waals surface area (Å²) in [4.78, 5) is 14.3. The van der Waals surface area contributed by atoms with Gasteiger partial charge in [-0.2, -0.15) is 5.10 Å². The number of hydrogen-bond acceptors (Lipinski definition) is 5. The molecule has 2 fully saturated rings. The van der Waals surface area contributed by atoms with Crippen LogP contribution in [0, 0.1) is 5.41 Å². The molecule has 2 saturated heterocycles. The molecule has 0 radical (unpaired) electrons. The van der Waals surface area contributed by atoms with Crippen LogP contribution in [0.3, 0.4) is 0 Å². The highest BCUT2D eigenvalue weighted by Gasteiger charge is 2.50. The summed E-state index contributed by atoms with van der Waals surface area (Å²) in [7, 11) is 0. The standard InChI is InChI=1S/C16H19N3O4/c1-15(2)22-9-16(10-23-15)7-19(8-16)14(20)12-6-11(17-18-12)13-4-3-5-21-13/h3-6H,7-10H2,1-2H3,(H,17,18). The van der Waals surface area contributed by atoms with Gasteiger partial charge in [0.1, 0.15) is 5.69 Å². The number of H-pyrrole nitrogens is 1. The summed E-state index contributed by atoms with van der Waals surface area (Å²) in [6.07, 6.45) is 1.58. The lowest BCUT2D eigenvalue weighted by Gasteiger charge is -2.53. The van der Waals surface area contributed by atoms with Crippen molar-refractivity contribution < 1.29 is 18.7 Å². The molecule has 0 bridgehead atoms. The number of rotatable bonds is 2. The molecule has 1 amide bonds. The molecule has 4 rings (SSSR count). The maximum atomic E-state index is 12.5. The molecule has 122 valence electrons. The van der Waals surface area contributed by atoms with Crippen LogP contribution in [-0.2, 0) is 9.47 Å². The quantitative estimate of drug-likeness (QED) is 0.915. The van der Waals surface area contributed by atoms with Gasteiger partial charge in [0.05, 0.1) is 24.9 Å². The molecule has 2 aliphatic heterocycles. The van der Waals surface area contributed by atoms with Crippen molar-refractivity contribution in [3.63, 3.8) is 0 Å². The van der Waals surface area contributed by atoms with E-state index in [-0.39, 0.29) is 11.3 Å². The Labute approximate surface area is 133 Å². The number of aromatic amines is 1. The van der Waals surface area contributed by atoms with Gasteiger partial charge in [-0.1, -0.05) is 0 Å². The number of amides is 1. The first-order valence-electron chi connectivity index (χ1n) is 7.63. The molecule has 7 heteroatoms. The van der Waals surface area contributed by atoms with E-state index in [2.05, 4.69) is 10.2 Å². The van der Waals surface area contributed by atoms with Gasteiger partial charge in [0.2, 0.25) is 0 Å². The van der Waals surface area contributed by atoms with Crippen molar-refractivity contribution in [3.8, 4) is 11.5 Å². The molecular formula is C16H19N3O4. The first kappa shape index (κ1) is 14.5. The highest BCUT2D eigenvalue weighted by molar-refractivity contribution is 5.93. The Morgan fingerprint density at radius 3 is 2.70 bits per heavy atom. The van der Waals surface area contributed by atoms with E-state index in [1.54, 1.807) is 23.3 Å².